The van der Waals surface area contributed by atoms with E-state index in [-0.39, 0.29) is 30.4 Å². The van der Waals surface area contributed by atoms with E-state index in [1.165, 1.54) is 18.5 Å². The molecule has 1 amide bonds. The Morgan fingerprint density at radius 1 is 1.38 bits per heavy atom. The molecular formula is C18H20ClF3N6O. The van der Waals surface area contributed by atoms with Gasteiger partial charge in [-0.25, -0.2) is 0 Å². The van der Waals surface area contributed by atoms with Gasteiger partial charge in [-0.05, 0) is 24.9 Å². The Bertz CT molecular complexity index is 947. The molecule has 0 spiro atoms. The molecule has 1 fully saturated rings. The Morgan fingerprint density at radius 2 is 2.03 bits per heavy atom. The van der Waals surface area contributed by atoms with E-state index in [2.05, 4.69) is 20.6 Å². The molecule has 1 aliphatic heterocycles. The van der Waals surface area contributed by atoms with Gasteiger partial charge in [0, 0.05) is 24.5 Å². The molecule has 1 saturated heterocycles. The molecule has 156 valence electrons. The van der Waals surface area contributed by atoms with E-state index in [9.17, 15) is 23.2 Å². The van der Waals surface area contributed by atoms with Crippen LogP contribution in [0.3, 0.4) is 0 Å². The van der Waals surface area contributed by atoms with E-state index in [1.54, 1.807) is 6.07 Å². The number of hydrogen-bond acceptors (Lipinski definition) is 6. The van der Waals surface area contributed by atoms with Gasteiger partial charge < -0.3 is 16.4 Å². The van der Waals surface area contributed by atoms with Crippen LogP contribution < -0.4 is 16.4 Å². The van der Waals surface area contributed by atoms with E-state index in [1.807, 2.05) is 13.0 Å². The van der Waals surface area contributed by atoms with Gasteiger partial charge >= 0.3 is 6.18 Å². The molecule has 29 heavy (non-hydrogen) atoms. The van der Waals surface area contributed by atoms with Crippen molar-refractivity contribution in [3.63, 3.8) is 0 Å². The number of fused-ring (bicyclic) bond motifs is 1. The molecule has 0 bridgehead atoms. The smallest absolute Gasteiger partial charge is 0.344 e. The highest BCUT2D eigenvalue weighted by Gasteiger charge is 2.46. The van der Waals surface area contributed by atoms with E-state index >= 15 is 0 Å². The van der Waals surface area contributed by atoms with Crippen molar-refractivity contribution in [2.45, 2.75) is 31.1 Å². The van der Waals surface area contributed by atoms with Crippen LogP contribution in [0.1, 0.15) is 24.5 Å². The minimum atomic E-state index is -4.86. The molecule has 7 nitrogen and oxygen atoms in total. The van der Waals surface area contributed by atoms with Crippen LogP contribution in [0.15, 0.2) is 24.5 Å². The van der Waals surface area contributed by atoms with Crippen molar-refractivity contribution in [1.82, 2.24) is 20.6 Å². The molecule has 0 aliphatic carbocycles. The van der Waals surface area contributed by atoms with Gasteiger partial charge in [0.2, 0.25) is 5.91 Å². The third-order valence-electron chi connectivity index (χ3n) is 4.88. The summed E-state index contributed by atoms with van der Waals surface area (Å²) in [7, 11) is 0. The van der Waals surface area contributed by atoms with Gasteiger partial charge in [-0.2, -0.15) is 18.4 Å². The monoisotopic (exact) mass is 428 g/mol. The number of amides is 1. The van der Waals surface area contributed by atoms with Crippen LogP contribution in [-0.2, 0) is 10.3 Å². The van der Waals surface area contributed by atoms with Gasteiger partial charge in [-0.15, -0.1) is 12.4 Å². The summed E-state index contributed by atoms with van der Waals surface area (Å²) in [5.41, 5.74) is 5.42. The van der Waals surface area contributed by atoms with E-state index < -0.39 is 23.7 Å². The second-order valence-electron chi connectivity index (χ2n) is 7.06. The summed E-state index contributed by atoms with van der Waals surface area (Å²) in [5.74, 6) is -1.25. The van der Waals surface area contributed by atoms with Crippen molar-refractivity contribution in [1.29, 1.82) is 5.26 Å². The first-order valence-electron chi connectivity index (χ1n) is 8.67. The number of benzene rings is 1. The van der Waals surface area contributed by atoms with Crippen LogP contribution in [0.5, 0.6) is 0 Å². The number of halogens is 4. The Balaban J connectivity index is 0.00000300. The van der Waals surface area contributed by atoms with Gasteiger partial charge in [0.25, 0.3) is 0 Å². The second-order valence-corrected chi connectivity index (χ2v) is 7.06. The van der Waals surface area contributed by atoms with Gasteiger partial charge in [-0.1, -0.05) is 13.0 Å². The van der Waals surface area contributed by atoms with Crippen molar-refractivity contribution in [2.24, 2.45) is 11.7 Å². The van der Waals surface area contributed by atoms with Gasteiger partial charge in [0.15, 0.2) is 6.04 Å². The molecule has 1 aromatic heterocycles. The normalized spacial score (nSPS) is 23.0. The fourth-order valence-corrected chi connectivity index (χ4v) is 3.63. The number of hydrogen-bond donors (Lipinski definition) is 3. The van der Waals surface area contributed by atoms with E-state index in [4.69, 9.17) is 5.73 Å². The van der Waals surface area contributed by atoms with Crippen molar-refractivity contribution in [3.8, 4) is 6.07 Å². The van der Waals surface area contributed by atoms with Crippen molar-refractivity contribution >= 4 is 29.3 Å². The lowest BCUT2D eigenvalue weighted by molar-refractivity contribution is -0.164. The number of nitrogens with two attached hydrogens (primary N) is 1. The largest absolute Gasteiger partial charge is 0.412 e. The molecule has 4 N–H and O–H groups in total. The molecule has 0 saturated carbocycles. The van der Waals surface area contributed by atoms with Crippen LogP contribution >= 0.6 is 12.4 Å². The zero-order valence-electron chi connectivity index (χ0n) is 15.5. The molecule has 2 aromatic rings. The lowest BCUT2D eigenvalue weighted by Gasteiger charge is -2.42. The maximum atomic E-state index is 12.9. The summed E-state index contributed by atoms with van der Waals surface area (Å²) in [4.78, 5) is 20.8. The Kier molecular flexibility index (Phi) is 6.67. The molecule has 1 aromatic carbocycles. The summed E-state index contributed by atoms with van der Waals surface area (Å²) in [6, 6.07) is 2.52. The maximum absolute atomic E-state index is 12.9. The Hall–Kier alpha value is -2.48. The van der Waals surface area contributed by atoms with Crippen LogP contribution in [0.2, 0.25) is 0 Å². The number of nitrogens with one attached hydrogen (secondary N) is 2. The molecule has 3 rings (SSSR count). The number of aromatic nitrogens is 2. The van der Waals surface area contributed by atoms with Crippen LogP contribution in [0, 0.1) is 17.2 Å². The Labute approximate surface area is 171 Å². The van der Waals surface area contributed by atoms with Crippen molar-refractivity contribution in [2.75, 3.05) is 13.1 Å². The number of carbonyl (C=O) groups is 1. The fourth-order valence-electron chi connectivity index (χ4n) is 3.63. The SMILES string of the molecule is C[C@@H]1CNC[C@](NC(=O)[C@@H](N)C(F)(F)F)(c2ccc(C#N)c3nccnc23)C1.Cl. The second kappa shape index (κ2) is 8.49. The van der Waals surface area contributed by atoms with Crippen LogP contribution in [-0.4, -0.2) is 41.2 Å². The van der Waals surface area contributed by atoms with Gasteiger partial charge in [0.1, 0.15) is 11.6 Å². The molecule has 3 atom stereocenters. The first-order chi connectivity index (χ1) is 13.2. The number of nitrogens with zero attached hydrogens (tertiary/aromatic N) is 3. The Morgan fingerprint density at radius 3 is 2.62 bits per heavy atom. The minimum absolute atomic E-state index is 0. The van der Waals surface area contributed by atoms with Crippen LogP contribution in [0.25, 0.3) is 11.0 Å². The average Bonchev–Trinajstić information content (AvgIpc) is 2.65. The third-order valence-corrected chi connectivity index (χ3v) is 4.88. The topological polar surface area (TPSA) is 117 Å². The number of piperidine rings is 1. The predicted molar refractivity (Wildman–Crippen MR) is 102 cm³/mol. The van der Waals surface area contributed by atoms with E-state index in [0.29, 0.717) is 29.6 Å². The molecule has 1 aliphatic rings. The number of nitriles is 1. The van der Waals surface area contributed by atoms with Gasteiger partial charge in [0.05, 0.1) is 16.6 Å². The summed E-state index contributed by atoms with van der Waals surface area (Å²) >= 11 is 0. The molecule has 2 heterocycles. The lowest BCUT2D eigenvalue weighted by atomic mass is 9.77. The van der Waals surface area contributed by atoms with Gasteiger partial charge in [-0.3, -0.25) is 14.8 Å². The summed E-state index contributed by atoms with van der Waals surface area (Å²) < 4.78 is 38.8. The summed E-state index contributed by atoms with van der Waals surface area (Å²) in [5, 5.41) is 15.0. The maximum Gasteiger partial charge on any atom is 0.412 e. The first-order valence-corrected chi connectivity index (χ1v) is 8.67. The molecule has 0 unspecified atom stereocenters. The molecule has 0 radical (unpaired) electrons. The average molecular weight is 429 g/mol. The quantitative estimate of drug-likeness (QED) is 0.685. The van der Waals surface area contributed by atoms with Crippen LogP contribution in [0.4, 0.5) is 13.2 Å². The third kappa shape index (κ3) is 4.42. The fraction of sp³-hybridized carbons (Fsp3) is 0.444. The summed E-state index contributed by atoms with van der Waals surface area (Å²) in [6.07, 6.45) is -1.61. The zero-order valence-corrected chi connectivity index (χ0v) is 16.3. The zero-order chi connectivity index (χ0) is 20.5. The van der Waals surface area contributed by atoms with Crippen molar-refractivity contribution in [3.05, 3.63) is 35.7 Å². The first kappa shape index (κ1) is 22.8. The summed E-state index contributed by atoms with van der Waals surface area (Å²) in [6.45, 7) is 2.78. The lowest BCUT2D eigenvalue weighted by Crippen LogP contribution is -2.62. The standard InChI is InChI=1S/C18H19F3N6O.ClH/c1-10-6-17(9-24-8-10,27-16(28)15(23)18(19,20)21)12-3-2-11(7-22)13-14(12)26-5-4-25-13;/h2-5,10,15,24H,6,8-9,23H2,1H3,(H,27,28);1H/t10-,15+,17-;/m0./s1. The highest BCUT2D eigenvalue weighted by atomic mass is 35.5. The number of rotatable bonds is 3. The minimum Gasteiger partial charge on any atom is -0.344 e. The van der Waals surface area contributed by atoms with Crippen molar-refractivity contribution < 1.29 is 18.0 Å². The predicted octanol–water partition coefficient (Wildman–Crippen LogP) is 1.75. The van der Waals surface area contributed by atoms with E-state index in [0.717, 1.165) is 0 Å². The number of alkyl halides is 3. The highest BCUT2D eigenvalue weighted by molar-refractivity contribution is 5.87. The number of carbonyl (C=O) groups excluding carboxylic acids is 1. The molecular weight excluding hydrogens is 409 g/mol. The molecule has 11 heteroatoms. The highest BCUT2D eigenvalue weighted by Crippen LogP contribution is 2.36.